The second kappa shape index (κ2) is 8.32. The summed E-state index contributed by atoms with van der Waals surface area (Å²) >= 11 is 6.39. The van der Waals surface area contributed by atoms with E-state index in [1.807, 2.05) is 51.1 Å². The number of benzene rings is 1. The molecule has 1 aromatic carbocycles. The maximum absolute atomic E-state index is 12.7. The Kier molecular flexibility index (Phi) is 6.05. The Bertz CT molecular complexity index is 884. The van der Waals surface area contributed by atoms with Crippen LogP contribution in [-0.4, -0.2) is 54.0 Å². The molecule has 0 bridgehead atoms. The third-order valence-electron chi connectivity index (χ3n) is 4.64. The van der Waals surface area contributed by atoms with Crippen LogP contribution < -0.4 is 20.7 Å². The molecule has 0 aliphatic carbocycles. The van der Waals surface area contributed by atoms with Gasteiger partial charge in [0.25, 0.3) is 11.5 Å². The van der Waals surface area contributed by atoms with Crippen LogP contribution in [-0.2, 0) is 4.79 Å². The van der Waals surface area contributed by atoms with E-state index >= 15 is 0 Å². The summed E-state index contributed by atoms with van der Waals surface area (Å²) in [5.74, 6) is 0.0566. The molecule has 150 valence electrons. The number of carbonyl (C=O) groups is 1. The molecule has 0 radical (unpaired) electrons. The maximum Gasteiger partial charge on any atom is 0.292 e. The topological polar surface area (TPSA) is 71.7 Å². The van der Waals surface area contributed by atoms with Gasteiger partial charge in [-0.15, -0.1) is 0 Å². The molecule has 1 amide bonds. The molecular weight excluding hydrogens is 378 g/mol. The van der Waals surface area contributed by atoms with Gasteiger partial charge in [0.2, 0.25) is 0 Å². The van der Waals surface area contributed by atoms with Crippen LogP contribution in [0.25, 0.3) is 5.69 Å². The normalized spacial score (nSPS) is 15.5. The second-order valence-corrected chi connectivity index (χ2v) is 8.49. The molecule has 2 N–H and O–H groups in total. The minimum absolute atomic E-state index is 0.0566. The van der Waals surface area contributed by atoms with E-state index in [2.05, 4.69) is 15.3 Å². The fourth-order valence-corrected chi connectivity index (χ4v) is 3.58. The van der Waals surface area contributed by atoms with Gasteiger partial charge in [-0.05, 0) is 32.9 Å². The molecule has 1 aromatic heterocycles. The molecule has 1 aliphatic rings. The molecule has 3 rings (SSSR count). The first kappa shape index (κ1) is 20.4. The van der Waals surface area contributed by atoms with Crippen LogP contribution in [0.2, 0.25) is 5.02 Å². The molecule has 1 saturated heterocycles. The average Bonchev–Trinajstić information content (AvgIpc) is 2.64. The van der Waals surface area contributed by atoms with E-state index in [1.165, 1.54) is 9.58 Å². The van der Waals surface area contributed by atoms with Crippen LogP contribution in [0.5, 0.6) is 0 Å². The molecule has 28 heavy (non-hydrogen) atoms. The predicted octanol–water partition coefficient (Wildman–Crippen LogP) is 0.506. The van der Waals surface area contributed by atoms with Crippen molar-refractivity contribution in [3.05, 3.63) is 51.9 Å². The monoisotopic (exact) mass is 404 g/mol. The molecule has 0 unspecified atom stereocenters. The first-order chi connectivity index (χ1) is 13.2. The van der Waals surface area contributed by atoms with Crippen molar-refractivity contribution in [2.75, 3.05) is 37.6 Å². The Morgan fingerprint density at radius 1 is 1.21 bits per heavy atom. The van der Waals surface area contributed by atoms with Gasteiger partial charge in [0.1, 0.15) is 5.02 Å². The third-order valence-corrected chi connectivity index (χ3v) is 4.99. The number of halogens is 1. The van der Waals surface area contributed by atoms with Crippen molar-refractivity contribution < 1.29 is 9.69 Å². The summed E-state index contributed by atoms with van der Waals surface area (Å²) in [6, 6.07) is 9.21. The Hall–Kier alpha value is -2.38. The highest BCUT2D eigenvalue weighted by Crippen LogP contribution is 2.21. The second-order valence-electron chi connectivity index (χ2n) is 8.11. The zero-order chi connectivity index (χ0) is 20.3. The highest BCUT2D eigenvalue weighted by Gasteiger charge is 2.26. The highest BCUT2D eigenvalue weighted by molar-refractivity contribution is 6.33. The lowest BCUT2D eigenvalue weighted by molar-refractivity contribution is -0.892. The molecule has 0 saturated carbocycles. The summed E-state index contributed by atoms with van der Waals surface area (Å²) in [6.45, 7) is 9.42. The number of quaternary nitrogens is 1. The summed E-state index contributed by atoms with van der Waals surface area (Å²) in [5, 5.41) is 7.47. The summed E-state index contributed by atoms with van der Waals surface area (Å²) in [6.07, 6.45) is 1.65. The molecule has 7 nitrogen and oxygen atoms in total. The Morgan fingerprint density at radius 2 is 1.86 bits per heavy atom. The van der Waals surface area contributed by atoms with Crippen LogP contribution in [0.1, 0.15) is 20.8 Å². The third kappa shape index (κ3) is 4.91. The van der Waals surface area contributed by atoms with Crippen LogP contribution in [0.15, 0.2) is 41.3 Å². The number of para-hydroxylation sites is 1. The number of aromatic nitrogens is 2. The molecule has 0 spiro atoms. The highest BCUT2D eigenvalue weighted by atomic mass is 35.5. The zero-order valence-corrected chi connectivity index (χ0v) is 17.3. The van der Waals surface area contributed by atoms with Crippen LogP contribution >= 0.6 is 11.6 Å². The minimum atomic E-state index is -0.329. The Balaban J connectivity index is 1.66. The van der Waals surface area contributed by atoms with Crippen molar-refractivity contribution in [1.29, 1.82) is 0 Å². The van der Waals surface area contributed by atoms with E-state index in [4.69, 9.17) is 11.6 Å². The number of carbonyl (C=O) groups excluding carboxylic acids is 1. The molecule has 2 aromatic rings. The van der Waals surface area contributed by atoms with E-state index in [9.17, 15) is 9.59 Å². The summed E-state index contributed by atoms with van der Waals surface area (Å²) < 4.78 is 1.31. The summed E-state index contributed by atoms with van der Waals surface area (Å²) in [4.78, 5) is 28.1. The fraction of sp³-hybridized carbons (Fsp3) is 0.450. The molecule has 1 fully saturated rings. The van der Waals surface area contributed by atoms with Gasteiger partial charge >= 0.3 is 0 Å². The van der Waals surface area contributed by atoms with Gasteiger partial charge in [-0.1, -0.05) is 29.8 Å². The number of nitrogens with one attached hydrogen (secondary N) is 2. The molecule has 2 heterocycles. The lowest BCUT2D eigenvalue weighted by Gasteiger charge is -2.34. The molecule has 0 atom stereocenters. The van der Waals surface area contributed by atoms with Crippen molar-refractivity contribution in [3.8, 4) is 5.69 Å². The Labute approximate surface area is 169 Å². The first-order valence-electron chi connectivity index (χ1n) is 9.47. The number of nitrogens with zero attached hydrogens (tertiary/aromatic N) is 3. The van der Waals surface area contributed by atoms with Crippen LogP contribution in [0.3, 0.4) is 0 Å². The first-order valence-corrected chi connectivity index (χ1v) is 9.85. The van der Waals surface area contributed by atoms with Crippen LogP contribution in [0.4, 0.5) is 5.69 Å². The standard InChI is InChI=1S/C20H26ClN5O2/c1-20(2,3)23-17(27)14-24-9-11-25(12-10-24)16-13-22-26(19(28)18(16)21)15-7-5-4-6-8-15/h4-8,13H,9-12,14H2,1-3H3,(H,23,27)/p+1. The fourth-order valence-electron chi connectivity index (χ4n) is 3.33. The van der Waals surface area contributed by atoms with E-state index < -0.39 is 0 Å². The average molecular weight is 405 g/mol. The number of rotatable bonds is 4. The van der Waals surface area contributed by atoms with Gasteiger partial charge in [0.05, 0.1) is 43.8 Å². The van der Waals surface area contributed by atoms with Crippen molar-refractivity contribution >= 4 is 23.2 Å². The van der Waals surface area contributed by atoms with Gasteiger partial charge in [-0.3, -0.25) is 9.59 Å². The largest absolute Gasteiger partial charge is 0.358 e. The summed E-state index contributed by atoms with van der Waals surface area (Å²) in [5.41, 5.74) is 0.780. The van der Waals surface area contributed by atoms with Gasteiger partial charge in [0.15, 0.2) is 6.54 Å². The van der Waals surface area contributed by atoms with Crippen molar-refractivity contribution in [2.24, 2.45) is 0 Å². The number of hydrogen-bond acceptors (Lipinski definition) is 4. The summed E-state index contributed by atoms with van der Waals surface area (Å²) in [7, 11) is 0. The zero-order valence-electron chi connectivity index (χ0n) is 16.5. The maximum atomic E-state index is 12.7. The molecule has 8 heteroatoms. The van der Waals surface area contributed by atoms with E-state index in [0.29, 0.717) is 31.0 Å². The quantitative estimate of drug-likeness (QED) is 0.778. The van der Waals surface area contributed by atoms with Crippen molar-refractivity contribution in [2.45, 2.75) is 26.3 Å². The lowest BCUT2D eigenvalue weighted by Crippen LogP contribution is -3.16. The Morgan fingerprint density at radius 3 is 2.46 bits per heavy atom. The van der Waals surface area contributed by atoms with Gasteiger partial charge in [-0.2, -0.15) is 9.78 Å². The predicted molar refractivity (Wildman–Crippen MR) is 111 cm³/mol. The molecule has 1 aliphatic heterocycles. The van der Waals surface area contributed by atoms with E-state index in [0.717, 1.165) is 13.1 Å². The molecular formula is C20H27ClN5O2+. The number of piperazine rings is 1. The smallest absolute Gasteiger partial charge is 0.292 e. The van der Waals surface area contributed by atoms with E-state index in [1.54, 1.807) is 6.20 Å². The van der Waals surface area contributed by atoms with Crippen molar-refractivity contribution in [3.63, 3.8) is 0 Å². The van der Waals surface area contributed by atoms with Gasteiger partial charge < -0.3 is 15.1 Å². The number of amides is 1. The van der Waals surface area contributed by atoms with Gasteiger partial charge in [0, 0.05) is 5.54 Å². The van der Waals surface area contributed by atoms with Gasteiger partial charge in [-0.25, -0.2) is 0 Å². The minimum Gasteiger partial charge on any atom is -0.358 e. The van der Waals surface area contributed by atoms with Crippen molar-refractivity contribution in [1.82, 2.24) is 15.1 Å². The SMILES string of the molecule is CC(C)(C)NC(=O)C[NH+]1CCN(c2cnn(-c3ccccc3)c(=O)c2Cl)CC1. The van der Waals surface area contributed by atoms with E-state index in [-0.39, 0.29) is 22.0 Å². The van der Waals surface area contributed by atoms with Crippen LogP contribution in [0, 0.1) is 0 Å². The lowest BCUT2D eigenvalue weighted by atomic mass is 10.1. The number of anilines is 1. The number of hydrogen-bond donors (Lipinski definition) is 2.